The number of aromatic amines is 1. The summed E-state index contributed by atoms with van der Waals surface area (Å²) in [6, 6.07) is 5.67. The van der Waals surface area contributed by atoms with E-state index in [1.165, 1.54) is 5.56 Å². The molecule has 1 aromatic heterocycles. The van der Waals surface area contributed by atoms with E-state index in [0.717, 1.165) is 27.5 Å². The van der Waals surface area contributed by atoms with E-state index >= 15 is 0 Å². The zero-order valence-corrected chi connectivity index (χ0v) is 11.9. The van der Waals surface area contributed by atoms with Crippen LogP contribution in [0.25, 0.3) is 10.9 Å². The van der Waals surface area contributed by atoms with Gasteiger partial charge in [0.1, 0.15) is 0 Å². The number of benzene rings is 1. The zero-order chi connectivity index (χ0) is 12.6. The molecular weight excluding hydrogens is 278 g/mol. The van der Waals surface area contributed by atoms with Crippen LogP contribution in [0.3, 0.4) is 0 Å². The molecule has 0 aliphatic heterocycles. The summed E-state index contributed by atoms with van der Waals surface area (Å²) in [6.45, 7) is 6.27. The molecule has 2 rings (SSSR count). The average Bonchev–Trinajstić information content (AvgIpc) is 2.28. The van der Waals surface area contributed by atoms with Gasteiger partial charge in [0, 0.05) is 21.6 Å². The highest BCUT2D eigenvalue weighted by atomic mass is 79.9. The minimum atomic E-state index is 0.0958. The molecule has 0 amide bonds. The SMILES string of the molecule is CCc1cc(Br)cc2c(=O)cc(C(C)C)[nH]c12. The maximum Gasteiger partial charge on any atom is 0.189 e. The number of aryl methyl sites for hydroxylation is 1. The van der Waals surface area contributed by atoms with Crippen LogP contribution in [0, 0.1) is 0 Å². The van der Waals surface area contributed by atoms with Crippen LogP contribution in [0.1, 0.15) is 37.9 Å². The number of nitrogens with one attached hydrogen (secondary N) is 1. The zero-order valence-electron chi connectivity index (χ0n) is 10.3. The van der Waals surface area contributed by atoms with E-state index in [0.29, 0.717) is 5.92 Å². The molecule has 3 heteroatoms. The standard InChI is InChI=1S/C14H16BrNO/c1-4-9-5-10(15)6-11-13(17)7-12(8(2)3)16-14(9)11/h5-8H,4H2,1-3H3,(H,16,17). The molecule has 2 aromatic rings. The Labute approximate surface area is 109 Å². The molecule has 17 heavy (non-hydrogen) atoms. The third-order valence-corrected chi connectivity index (χ3v) is 3.47. The summed E-state index contributed by atoms with van der Waals surface area (Å²) >= 11 is 3.45. The second kappa shape index (κ2) is 4.65. The minimum Gasteiger partial charge on any atom is -0.358 e. The maximum atomic E-state index is 12.1. The molecule has 0 fully saturated rings. The van der Waals surface area contributed by atoms with Crippen molar-refractivity contribution in [2.24, 2.45) is 0 Å². The third-order valence-electron chi connectivity index (χ3n) is 3.01. The van der Waals surface area contributed by atoms with Crippen molar-refractivity contribution in [3.8, 4) is 0 Å². The Hall–Kier alpha value is -1.09. The molecule has 0 aliphatic rings. The van der Waals surface area contributed by atoms with Crippen molar-refractivity contribution in [1.82, 2.24) is 4.98 Å². The molecular formula is C14H16BrNO. The number of halogens is 1. The molecule has 90 valence electrons. The second-order valence-corrected chi connectivity index (χ2v) is 5.50. The molecule has 0 radical (unpaired) electrons. The van der Waals surface area contributed by atoms with Gasteiger partial charge >= 0.3 is 0 Å². The van der Waals surface area contributed by atoms with Crippen molar-refractivity contribution >= 4 is 26.8 Å². The Morgan fingerprint density at radius 2 is 2.00 bits per heavy atom. The number of hydrogen-bond acceptors (Lipinski definition) is 1. The van der Waals surface area contributed by atoms with E-state index in [1.54, 1.807) is 6.07 Å². The van der Waals surface area contributed by atoms with Gasteiger partial charge in [0.25, 0.3) is 0 Å². The fraction of sp³-hybridized carbons (Fsp3) is 0.357. The highest BCUT2D eigenvalue weighted by Gasteiger charge is 2.09. The highest BCUT2D eigenvalue weighted by Crippen LogP contribution is 2.23. The first kappa shape index (κ1) is 12.4. The number of aromatic nitrogens is 1. The van der Waals surface area contributed by atoms with Crippen LogP contribution < -0.4 is 5.43 Å². The van der Waals surface area contributed by atoms with Gasteiger partial charge in [-0.2, -0.15) is 0 Å². The van der Waals surface area contributed by atoms with Gasteiger partial charge in [-0.15, -0.1) is 0 Å². The lowest BCUT2D eigenvalue weighted by molar-refractivity contribution is 0.827. The first-order valence-electron chi connectivity index (χ1n) is 5.88. The second-order valence-electron chi connectivity index (χ2n) is 4.58. The molecule has 0 unspecified atom stereocenters. The molecule has 0 saturated carbocycles. The molecule has 0 spiro atoms. The van der Waals surface area contributed by atoms with E-state index in [9.17, 15) is 4.79 Å². The van der Waals surface area contributed by atoms with Gasteiger partial charge < -0.3 is 4.98 Å². The highest BCUT2D eigenvalue weighted by molar-refractivity contribution is 9.10. The normalized spacial score (nSPS) is 11.4. The van der Waals surface area contributed by atoms with Crippen LogP contribution in [-0.4, -0.2) is 4.98 Å². The Balaban J connectivity index is 2.86. The Bertz CT molecular complexity index is 613. The van der Waals surface area contributed by atoms with E-state index in [-0.39, 0.29) is 5.43 Å². The molecule has 2 nitrogen and oxygen atoms in total. The van der Waals surface area contributed by atoms with Crippen molar-refractivity contribution in [2.45, 2.75) is 33.1 Å². The van der Waals surface area contributed by atoms with Gasteiger partial charge in [-0.1, -0.05) is 36.7 Å². The first-order valence-corrected chi connectivity index (χ1v) is 6.67. The van der Waals surface area contributed by atoms with Crippen LogP contribution in [0.5, 0.6) is 0 Å². The Morgan fingerprint density at radius 3 is 2.59 bits per heavy atom. The van der Waals surface area contributed by atoms with Crippen molar-refractivity contribution in [3.05, 3.63) is 44.2 Å². The smallest absolute Gasteiger partial charge is 0.189 e. The van der Waals surface area contributed by atoms with E-state index in [4.69, 9.17) is 0 Å². The van der Waals surface area contributed by atoms with Crippen molar-refractivity contribution in [1.29, 1.82) is 0 Å². The summed E-state index contributed by atoms with van der Waals surface area (Å²) < 4.78 is 0.963. The van der Waals surface area contributed by atoms with E-state index in [1.807, 2.05) is 6.07 Å². The molecule has 0 aliphatic carbocycles. The fourth-order valence-electron chi connectivity index (χ4n) is 1.99. The largest absolute Gasteiger partial charge is 0.358 e. The lowest BCUT2D eigenvalue weighted by Gasteiger charge is -2.10. The van der Waals surface area contributed by atoms with Crippen LogP contribution in [0.4, 0.5) is 0 Å². The topological polar surface area (TPSA) is 32.9 Å². The van der Waals surface area contributed by atoms with Crippen LogP contribution >= 0.6 is 15.9 Å². The maximum absolute atomic E-state index is 12.1. The summed E-state index contributed by atoms with van der Waals surface area (Å²) in [6.07, 6.45) is 0.910. The number of rotatable bonds is 2. The van der Waals surface area contributed by atoms with Gasteiger partial charge in [0.15, 0.2) is 5.43 Å². The number of pyridine rings is 1. The van der Waals surface area contributed by atoms with Gasteiger partial charge in [0.2, 0.25) is 0 Å². The molecule has 0 atom stereocenters. The van der Waals surface area contributed by atoms with E-state index < -0.39 is 0 Å². The van der Waals surface area contributed by atoms with Crippen LogP contribution in [-0.2, 0) is 6.42 Å². The third kappa shape index (κ3) is 2.29. The van der Waals surface area contributed by atoms with Gasteiger partial charge in [-0.05, 0) is 30.0 Å². The summed E-state index contributed by atoms with van der Waals surface area (Å²) in [7, 11) is 0. The summed E-state index contributed by atoms with van der Waals surface area (Å²) in [5.41, 5.74) is 3.25. The lowest BCUT2D eigenvalue weighted by atomic mass is 10.0. The van der Waals surface area contributed by atoms with Gasteiger partial charge in [0.05, 0.1) is 5.52 Å². The summed E-state index contributed by atoms with van der Waals surface area (Å²) in [5.74, 6) is 0.334. The summed E-state index contributed by atoms with van der Waals surface area (Å²) in [5, 5.41) is 0.764. The number of H-pyrrole nitrogens is 1. The van der Waals surface area contributed by atoms with Crippen molar-refractivity contribution in [2.75, 3.05) is 0 Å². The predicted octanol–water partition coefficient (Wildman–Crippen LogP) is 3.98. The molecule has 1 heterocycles. The fourth-order valence-corrected chi connectivity index (χ4v) is 2.50. The van der Waals surface area contributed by atoms with Crippen molar-refractivity contribution in [3.63, 3.8) is 0 Å². The van der Waals surface area contributed by atoms with Crippen LogP contribution in [0.2, 0.25) is 0 Å². The quantitative estimate of drug-likeness (QED) is 0.893. The lowest BCUT2D eigenvalue weighted by Crippen LogP contribution is -2.07. The first-order chi connectivity index (χ1) is 8.02. The number of fused-ring (bicyclic) bond motifs is 1. The minimum absolute atomic E-state index is 0.0958. The van der Waals surface area contributed by atoms with Crippen LogP contribution in [0.15, 0.2) is 27.5 Å². The summed E-state index contributed by atoms with van der Waals surface area (Å²) in [4.78, 5) is 15.5. The number of hydrogen-bond donors (Lipinski definition) is 1. The Morgan fingerprint density at radius 1 is 1.29 bits per heavy atom. The average molecular weight is 294 g/mol. The molecule has 1 N–H and O–H groups in total. The molecule has 0 saturated heterocycles. The van der Waals surface area contributed by atoms with Gasteiger partial charge in [-0.25, -0.2) is 0 Å². The van der Waals surface area contributed by atoms with E-state index in [2.05, 4.69) is 47.8 Å². The Kier molecular flexibility index (Phi) is 3.38. The molecule has 1 aromatic carbocycles. The monoisotopic (exact) mass is 293 g/mol. The van der Waals surface area contributed by atoms with Crippen molar-refractivity contribution < 1.29 is 0 Å². The predicted molar refractivity (Wildman–Crippen MR) is 75.7 cm³/mol. The molecule has 0 bridgehead atoms. The van der Waals surface area contributed by atoms with Gasteiger partial charge in [-0.3, -0.25) is 4.79 Å².